The molecule has 6 heteroatoms. The summed E-state index contributed by atoms with van der Waals surface area (Å²) in [6, 6.07) is 11.3. The average Bonchev–Trinajstić information content (AvgIpc) is 3.22. The fourth-order valence-corrected chi connectivity index (χ4v) is 4.42. The monoisotopic (exact) mass is 355 g/mol. The van der Waals surface area contributed by atoms with Gasteiger partial charge in [0.1, 0.15) is 5.75 Å². The lowest BCUT2D eigenvalue weighted by Gasteiger charge is -2.24. The van der Waals surface area contributed by atoms with E-state index in [0.29, 0.717) is 17.1 Å². The summed E-state index contributed by atoms with van der Waals surface area (Å²) < 4.78 is 0. The molecule has 0 saturated heterocycles. The second-order valence-corrected chi connectivity index (χ2v) is 7.46. The van der Waals surface area contributed by atoms with Gasteiger partial charge in [-0.05, 0) is 66.2 Å². The van der Waals surface area contributed by atoms with Crippen molar-refractivity contribution >= 4 is 34.0 Å². The van der Waals surface area contributed by atoms with Crippen molar-refractivity contribution in [1.29, 1.82) is 0 Å². The highest BCUT2D eigenvalue weighted by Crippen LogP contribution is 2.44. The lowest BCUT2D eigenvalue weighted by atomic mass is 9.96. The summed E-state index contributed by atoms with van der Waals surface area (Å²) in [5, 5.41) is 15.6. The van der Waals surface area contributed by atoms with Gasteiger partial charge in [-0.25, -0.2) is 0 Å². The van der Waals surface area contributed by atoms with E-state index >= 15 is 0 Å². The van der Waals surface area contributed by atoms with Crippen LogP contribution >= 0.6 is 12.2 Å². The predicted octanol–water partition coefficient (Wildman–Crippen LogP) is 2.84. The van der Waals surface area contributed by atoms with Gasteiger partial charge in [-0.1, -0.05) is 30.7 Å². The minimum atomic E-state index is -0.416. The highest BCUT2D eigenvalue weighted by Gasteiger charge is 2.39. The Hall–Kier alpha value is -2.34. The molecule has 0 radical (unpaired) electrons. The third kappa shape index (κ3) is 3.26. The number of amides is 1. The van der Waals surface area contributed by atoms with Crippen molar-refractivity contribution in [2.24, 2.45) is 11.8 Å². The Morgan fingerprint density at radius 1 is 1.08 bits per heavy atom. The minimum absolute atomic E-state index is 0.0509. The largest absolute Gasteiger partial charge is 0.507 e. The van der Waals surface area contributed by atoms with E-state index in [2.05, 4.69) is 16.2 Å². The first-order valence-electron chi connectivity index (χ1n) is 8.69. The summed E-state index contributed by atoms with van der Waals surface area (Å²) in [6.07, 6.45) is 5.05. The molecule has 2 aliphatic rings. The fraction of sp³-hybridized carbons (Fsp3) is 0.368. The number of carbonyl (C=O) groups is 1. The molecular weight excluding hydrogens is 334 g/mol. The number of thiocarbonyl (C=S) groups is 1. The highest BCUT2D eigenvalue weighted by molar-refractivity contribution is 7.80. The van der Waals surface area contributed by atoms with Crippen molar-refractivity contribution in [1.82, 2.24) is 16.2 Å². The van der Waals surface area contributed by atoms with E-state index in [-0.39, 0.29) is 11.3 Å². The first-order chi connectivity index (χ1) is 12.1. The minimum Gasteiger partial charge on any atom is -0.507 e. The van der Waals surface area contributed by atoms with E-state index < -0.39 is 5.91 Å². The first-order valence-corrected chi connectivity index (χ1v) is 9.09. The van der Waals surface area contributed by atoms with Crippen LogP contribution < -0.4 is 16.2 Å². The average molecular weight is 355 g/mol. The predicted molar refractivity (Wildman–Crippen MR) is 101 cm³/mol. The van der Waals surface area contributed by atoms with Crippen LogP contribution in [0.25, 0.3) is 10.8 Å². The Kier molecular flexibility index (Phi) is 4.21. The molecule has 2 fully saturated rings. The molecule has 1 amide bonds. The van der Waals surface area contributed by atoms with Gasteiger partial charge in [0.2, 0.25) is 0 Å². The van der Waals surface area contributed by atoms with E-state index in [4.69, 9.17) is 12.2 Å². The van der Waals surface area contributed by atoms with Crippen molar-refractivity contribution in [3.8, 4) is 5.75 Å². The van der Waals surface area contributed by atoms with Gasteiger partial charge in [-0.15, -0.1) is 0 Å². The molecule has 2 saturated carbocycles. The summed E-state index contributed by atoms with van der Waals surface area (Å²) in [5.74, 6) is 1.06. The van der Waals surface area contributed by atoms with E-state index in [1.54, 1.807) is 12.1 Å². The molecule has 0 spiro atoms. The Labute approximate surface area is 151 Å². The van der Waals surface area contributed by atoms with Crippen LogP contribution in [0.2, 0.25) is 0 Å². The van der Waals surface area contributed by atoms with Crippen LogP contribution in [0.1, 0.15) is 36.0 Å². The smallest absolute Gasteiger partial charge is 0.273 e. The SMILES string of the molecule is O=C(NNC(=S)N[C@H]1C[C@H]2CC[C@H]1C2)c1cc2ccccc2cc1O. The maximum Gasteiger partial charge on any atom is 0.273 e. The molecule has 5 nitrogen and oxygen atoms in total. The van der Waals surface area contributed by atoms with Gasteiger partial charge in [0.15, 0.2) is 5.11 Å². The number of phenolic OH excluding ortho intramolecular Hbond substituents is 1. The lowest BCUT2D eigenvalue weighted by molar-refractivity contribution is 0.0941. The molecule has 2 bridgehead atoms. The summed E-state index contributed by atoms with van der Waals surface area (Å²) >= 11 is 5.29. The highest BCUT2D eigenvalue weighted by atomic mass is 32.1. The first kappa shape index (κ1) is 16.1. The Morgan fingerprint density at radius 2 is 1.84 bits per heavy atom. The number of hydrogen-bond donors (Lipinski definition) is 4. The maximum atomic E-state index is 12.4. The fourth-order valence-electron chi connectivity index (χ4n) is 4.22. The van der Waals surface area contributed by atoms with Crippen molar-refractivity contribution in [3.63, 3.8) is 0 Å². The number of hydrazine groups is 1. The number of benzene rings is 2. The van der Waals surface area contributed by atoms with Crippen molar-refractivity contribution in [3.05, 3.63) is 42.0 Å². The zero-order valence-corrected chi connectivity index (χ0v) is 14.6. The second kappa shape index (κ2) is 6.52. The third-order valence-electron chi connectivity index (χ3n) is 5.45. The number of carbonyl (C=O) groups excluding carboxylic acids is 1. The van der Waals surface area contributed by atoms with Gasteiger partial charge in [-0.2, -0.15) is 0 Å². The van der Waals surface area contributed by atoms with E-state index in [1.807, 2.05) is 24.3 Å². The summed E-state index contributed by atoms with van der Waals surface area (Å²) in [5.41, 5.74) is 5.54. The van der Waals surface area contributed by atoms with Crippen LogP contribution in [0.5, 0.6) is 5.75 Å². The Morgan fingerprint density at radius 3 is 2.52 bits per heavy atom. The summed E-state index contributed by atoms with van der Waals surface area (Å²) in [7, 11) is 0. The van der Waals surface area contributed by atoms with Gasteiger partial charge in [0.25, 0.3) is 5.91 Å². The topological polar surface area (TPSA) is 73.4 Å². The van der Waals surface area contributed by atoms with E-state index in [1.165, 1.54) is 19.3 Å². The van der Waals surface area contributed by atoms with Gasteiger partial charge in [0.05, 0.1) is 5.56 Å². The van der Waals surface area contributed by atoms with Crippen molar-refractivity contribution < 1.29 is 9.90 Å². The van der Waals surface area contributed by atoms with Crippen LogP contribution in [0.3, 0.4) is 0 Å². The molecule has 4 rings (SSSR count). The Bertz CT molecular complexity index is 839. The molecule has 25 heavy (non-hydrogen) atoms. The van der Waals surface area contributed by atoms with Gasteiger partial charge in [-0.3, -0.25) is 15.6 Å². The maximum absolute atomic E-state index is 12.4. The normalized spacial score (nSPS) is 24.2. The van der Waals surface area contributed by atoms with E-state index in [0.717, 1.165) is 23.1 Å². The molecule has 4 N–H and O–H groups in total. The standard InChI is InChI=1S/C19H21N3O2S/c23-17-10-13-4-2-1-3-12(13)9-15(17)18(24)21-22-19(25)20-16-8-11-5-6-14(16)7-11/h1-4,9-11,14,16,23H,5-8H2,(H,21,24)(H2,20,22,25)/t11-,14-,16-/m0/s1. The van der Waals surface area contributed by atoms with Crippen LogP contribution in [0.15, 0.2) is 36.4 Å². The number of nitrogens with one attached hydrogen (secondary N) is 3. The lowest BCUT2D eigenvalue weighted by Crippen LogP contribution is -2.50. The molecule has 0 unspecified atom stereocenters. The number of rotatable bonds is 2. The zero-order valence-electron chi connectivity index (χ0n) is 13.8. The number of fused-ring (bicyclic) bond motifs is 3. The molecule has 130 valence electrons. The molecule has 2 aromatic carbocycles. The van der Waals surface area contributed by atoms with Crippen LogP contribution in [0.4, 0.5) is 0 Å². The van der Waals surface area contributed by atoms with E-state index in [9.17, 15) is 9.90 Å². The zero-order chi connectivity index (χ0) is 17.4. The molecule has 2 aliphatic carbocycles. The molecule has 0 heterocycles. The molecular formula is C19H21N3O2S. The molecule has 0 aromatic heterocycles. The number of phenols is 1. The van der Waals surface area contributed by atoms with Gasteiger partial charge in [0, 0.05) is 6.04 Å². The van der Waals surface area contributed by atoms with Crippen LogP contribution in [-0.2, 0) is 0 Å². The summed E-state index contributed by atoms with van der Waals surface area (Å²) in [6.45, 7) is 0. The Balaban J connectivity index is 1.37. The van der Waals surface area contributed by atoms with Crippen molar-refractivity contribution in [2.75, 3.05) is 0 Å². The molecule has 3 atom stereocenters. The third-order valence-corrected chi connectivity index (χ3v) is 5.67. The number of hydrogen-bond acceptors (Lipinski definition) is 3. The molecule has 2 aromatic rings. The van der Waals surface area contributed by atoms with Crippen LogP contribution in [0, 0.1) is 11.8 Å². The quantitative estimate of drug-likeness (QED) is 0.492. The summed E-state index contributed by atoms with van der Waals surface area (Å²) in [4.78, 5) is 12.4. The molecule has 0 aliphatic heterocycles. The van der Waals surface area contributed by atoms with Crippen LogP contribution in [-0.4, -0.2) is 22.2 Å². The van der Waals surface area contributed by atoms with Gasteiger partial charge >= 0.3 is 0 Å². The number of aromatic hydroxyl groups is 1. The van der Waals surface area contributed by atoms with Gasteiger partial charge < -0.3 is 10.4 Å². The second-order valence-electron chi connectivity index (χ2n) is 7.05. The van der Waals surface area contributed by atoms with Crippen molar-refractivity contribution in [2.45, 2.75) is 31.7 Å².